The van der Waals surface area contributed by atoms with Gasteiger partial charge in [0.25, 0.3) is 0 Å². The number of benzene rings is 1. The second-order valence-corrected chi connectivity index (χ2v) is 6.71. The second kappa shape index (κ2) is 6.58. The Morgan fingerprint density at radius 2 is 1.67 bits per heavy atom. The van der Waals surface area contributed by atoms with Crippen molar-refractivity contribution in [2.45, 2.75) is 20.8 Å². The van der Waals surface area contributed by atoms with Crippen LogP contribution in [-0.4, -0.2) is 19.0 Å². The van der Waals surface area contributed by atoms with E-state index < -0.39 is 32.6 Å². The van der Waals surface area contributed by atoms with Crippen LogP contribution in [0.3, 0.4) is 0 Å². The molecule has 1 rings (SSSR count). The van der Waals surface area contributed by atoms with E-state index in [4.69, 9.17) is 10.9 Å². The number of halogens is 1. The third-order valence-corrected chi connectivity index (χ3v) is 6.12. The molecule has 0 N–H and O–H groups in total. The SMILES string of the molecule is COc1cccc(I(OC(C)=O)OC(C)=O)c1C. The molecule has 5 nitrogen and oxygen atoms in total. The van der Waals surface area contributed by atoms with Crippen molar-refractivity contribution in [2.75, 3.05) is 7.11 Å². The molecule has 0 aliphatic carbocycles. The first kappa shape index (κ1) is 14.7. The van der Waals surface area contributed by atoms with Gasteiger partial charge in [0, 0.05) is 0 Å². The number of hydrogen-bond donors (Lipinski definition) is 0. The van der Waals surface area contributed by atoms with Crippen molar-refractivity contribution in [1.82, 2.24) is 0 Å². The quantitative estimate of drug-likeness (QED) is 0.767. The number of carbonyl (C=O) groups is 2. The molecule has 18 heavy (non-hydrogen) atoms. The van der Waals surface area contributed by atoms with E-state index in [0.29, 0.717) is 5.75 Å². The van der Waals surface area contributed by atoms with Gasteiger partial charge in [-0.15, -0.1) is 0 Å². The third-order valence-electron chi connectivity index (χ3n) is 1.96. The van der Waals surface area contributed by atoms with Crippen LogP contribution in [0.2, 0.25) is 0 Å². The van der Waals surface area contributed by atoms with E-state index in [1.807, 2.05) is 6.92 Å². The molecule has 0 bridgehead atoms. The molecular weight excluding hydrogens is 351 g/mol. The maximum absolute atomic E-state index is 11.1. The molecule has 1 aromatic carbocycles. The molecule has 6 heteroatoms. The summed E-state index contributed by atoms with van der Waals surface area (Å²) in [6, 6.07) is 5.36. The minimum absolute atomic E-state index is 0.455. The van der Waals surface area contributed by atoms with E-state index >= 15 is 0 Å². The normalized spacial score (nSPS) is 10.6. The fourth-order valence-corrected chi connectivity index (χ4v) is 4.39. The van der Waals surface area contributed by atoms with Gasteiger partial charge in [-0.25, -0.2) is 0 Å². The molecule has 0 unspecified atom stereocenters. The van der Waals surface area contributed by atoms with Gasteiger partial charge >= 0.3 is 114 Å². The molecule has 0 amide bonds. The van der Waals surface area contributed by atoms with Crippen LogP contribution in [0.1, 0.15) is 19.4 Å². The Hall–Kier alpha value is -1.31. The van der Waals surface area contributed by atoms with Crippen LogP contribution in [0.4, 0.5) is 0 Å². The van der Waals surface area contributed by atoms with Gasteiger partial charge in [-0.1, -0.05) is 0 Å². The predicted octanol–water partition coefficient (Wildman–Crippen LogP) is 2.64. The van der Waals surface area contributed by atoms with Gasteiger partial charge < -0.3 is 0 Å². The summed E-state index contributed by atoms with van der Waals surface area (Å²) in [4.78, 5) is 22.1. The summed E-state index contributed by atoms with van der Waals surface area (Å²) >= 11 is -2.76. The summed E-state index contributed by atoms with van der Waals surface area (Å²) in [5, 5.41) is 0. The Morgan fingerprint density at radius 3 is 2.11 bits per heavy atom. The zero-order chi connectivity index (χ0) is 13.7. The fraction of sp³-hybridized carbons (Fsp3) is 0.333. The number of ether oxygens (including phenoxy) is 1. The van der Waals surface area contributed by atoms with Crippen molar-refractivity contribution in [3.8, 4) is 5.75 Å². The zero-order valence-corrected chi connectivity index (χ0v) is 12.8. The Kier molecular flexibility index (Phi) is 5.39. The van der Waals surface area contributed by atoms with Gasteiger partial charge in [-0.05, 0) is 0 Å². The zero-order valence-electron chi connectivity index (χ0n) is 10.7. The molecule has 0 heterocycles. The number of methoxy groups -OCH3 is 1. The van der Waals surface area contributed by atoms with Gasteiger partial charge in [0.2, 0.25) is 0 Å². The monoisotopic (exact) mass is 366 g/mol. The topological polar surface area (TPSA) is 61.8 Å². The van der Waals surface area contributed by atoms with Crippen molar-refractivity contribution in [3.63, 3.8) is 0 Å². The fourth-order valence-electron chi connectivity index (χ4n) is 1.27. The van der Waals surface area contributed by atoms with Crippen LogP contribution in [-0.2, 0) is 15.7 Å². The summed E-state index contributed by atoms with van der Waals surface area (Å²) in [5.41, 5.74) is 0.827. The summed E-state index contributed by atoms with van der Waals surface area (Å²) in [7, 11) is 1.56. The molecule has 0 aromatic heterocycles. The first-order chi connectivity index (χ1) is 8.45. The number of carbonyl (C=O) groups excluding carboxylic acids is 2. The van der Waals surface area contributed by atoms with E-state index in [0.717, 1.165) is 9.13 Å². The predicted molar refractivity (Wildman–Crippen MR) is 74.0 cm³/mol. The number of hydrogen-bond acceptors (Lipinski definition) is 5. The van der Waals surface area contributed by atoms with Crippen LogP contribution < -0.4 is 4.74 Å². The molecule has 1 aromatic rings. The van der Waals surface area contributed by atoms with E-state index in [1.165, 1.54) is 13.8 Å². The van der Waals surface area contributed by atoms with Crippen molar-refractivity contribution in [1.29, 1.82) is 0 Å². The molecule has 0 fully saturated rings. The Bertz CT molecular complexity index is 442. The Balaban J connectivity index is 3.11. The average molecular weight is 366 g/mol. The van der Waals surface area contributed by atoms with Gasteiger partial charge in [0.1, 0.15) is 0 Å². The molecule has 0 aliphatic rings. The van der Waals surface area contributed by atoms with Crippen LogP contribution in [0.5, 0.6) is 5.75 Å². The summed E-state index contributed by atoms with van der Waals surface area (Å²) in [5.74, 6) is -0.235. The van der Waals surface area contributed by atoms with Crippen molar-refractivity contribution >= 4 is 32.6 Å². The Morgan fingerprint density at radius 1 is 1.11 bits per heavy atom. The van der Waals surface area contributed by atoms with Gasteiger partial charge in [-0.3, -0.25) is 0 Å². The first-order valence-corrected chi connectivity index (χ1v) is 8.01. The standard InChI is InChI=1S/C12H15IO5/c1-8-11(6-5-7-12(8)16-4)13(17-9(2)14)18-10(3)15/h5-7H,1-4H3. The van der Waals surface area contributed by atoms with Gasteiger partial charge in [-0.2, -0.15) is 0 Å². The van der Waals surface area contributed by atoms with Crippen molar-refractivity contribution in [3.05, 3.63) is 27.3 Å². The van der Waals surface area contributed by atoms with E-state index in [-0.39, 0.29) is 0 Å². The Labute approximate surface area is 114 Å². The molecule has 0 spiro atoms. The molecule has 0 saturated carbocycles. The molecule has 100 valence electrons. The van der Waals surface area contributed by atoms with Crippen LogP contribution in [0.15, 0.2) is 18.2 Å². The van der Waals surface area contributed by atoms with Crippen LogP contribution in [0.25, 0.3) is 0 Å². The minimum atomic E-state index is -2.76. The van der Waals surface area contributed by atoms with E-state index in [1.54, 1.807) is 25.3 Å². The molecule has 0 saturated heterocycles. The third kappa shape index (κ3) is 3.86. The molecule has 0 atom stereocenters. The van der Waals surface area contributed by atoms with Crippen LogP contribution in [0, 0.1) is 10.5 Å². The average Bonchev–Trinajstić information content (AvgIpc) is 2.27. The van der Waals surface area contributed by atoms with E-state index in [9.17, 15) is 9.59 Å². The van der Waals surface area contributed by atoms with Gasteiger partial charge in [0.05, 0.1) is 0 Å². The number of rotatable bonds is 4. The summed E-state index contributed by atoms with van der Waals surface area (Å²) in [6.45, 7) is 4.43. The van der Waals surface area contributed by atoms with Crippen LogP contribution >= 0.6 is 20.6 Å². The maximum atomic E-state index is 11.1. The molecule has 0 radical (unpaired) electrons. The second-order valence-electron chi connectivity index (χ2n) is 3.42. The van der Waals surface area contributed by atoms with Crippen molar-refractivity contribution < 1.29 is 20.5 Å². The summed E-state index contributed by atoms with van der Waals surface area (Å²) < 4.78 is 16.2. The van der Waals surface area contributed by atoms with Gasteiger partial charge in [0.15, 0.2) is 0 Å². The first-order valence-electron chi connectivity index (χ1n) is 5.17. The molecular formula is C12H15IO5. The van der Waals surface area contributed by atoms with Crippen molar-refractivity contribution in [2.24, 2.45) is 0 Å². The molecule has 0 aliphatic heterocycles. The summed E-state index contributed by atoms with van der Waals surface area (Å²) in [6.07, 6.45) is 0. The van der Waals surface area contributed by atoms with E-state index in [2.05, 4.69) is 0 Å².